The van der Waals surface area contributed by atoms with E-state index in [0.717, 1.165) is 11.3 Å². The van der Waals surface area contributed by atoms with Crippen LogP contribution in [0.4, 0.5) is 0 Å². The van der Waals surface area contributed by atoms with E-state index in [0.29, 0.717) is 23.4 Å². The molecular weight excluding hydrogens is 336 g/mol. The second-order valence-electron chi connectivity index (χ2n) is 4.46. The van der Waals surface area contributed by atoms with Gasteiger partial charge < -0.3 is 14.6 Å². The summed E-state index contributed by atoms with van der Waals surface area (Å²) in [5.74, 6) is 0.294. The lowest BCUT2D eigenvalue weighted by Gasteiger charge is -2.10. The summed E-state index contributed by atoms with van der Waals surface area (Å²) < 4.78 is 11.8. The van der Waals surface area contributed by atoms with Gasteiger partial charge in [0.1, 0.15) is 24.7 Å². The molecule has 2 aromatic carbocycles. The minimum absolute atomic E-state index is 0.188. The highest BCUT2D eigenvalue weighted by atomic mass is 79.9. The molecule has 0 radical (unpaired) electrons. The first kappa shape index (κ1) is 15.4. The lowest BCUT2D eigenvalue weighted by Crippen LogP contribution is -2.09. The Hall–Kier alpha value is -2.01. The summed E-state index contributed by atoms with van der Waals surface area (Å²) >= 11 is 3.33. The zero-order chi connectivity index (χ0) is 15.2. The second kappa shape index (κ2) is 7.13. The summed E-state index contributed by atoms with van der Waals surface area (Å²) in [6.07, 6.45) is 0. The van der Waals surface area contributed by atoms with Crippen molar-refractivity contribution < 1.29 is 19.4 Å². The Morgan fingerprint density at radius 2 is 1.90 bits per heavy atom. The third kappa shape index (κ3) is 4.49. The molecule has 0 aliphatic rings. The summed E-state index contributed by atoms with van der Waals surface area (Å²) in [5, 5.41) is 8.95. The van der Waals surface area contributed by atoms with E-state index in [1.807, 2.05) is 31.2 Å². The first-order chi connectivity index (χ1) is 10.1. The first-order valence-corrected chi connectivity index (χ1v) is 7.20. The lowest BCUT2D eigenvalue weighted by molar-refractivity contribution is 0.0696. The third-order valence-electron chi connectivity index (χ3n) is 2.78. The van der Waals surface area contributed by atoms with Gasteiger partial charge >= 0.3 is 5.97 Å². The number of carboxylic acid groups (broad SMARTS) is 1. The summed E-state index contributed by atoms with van der Waals surface area (Å²) in [6.45, 7) is 2.71. The van der Waals surface area contributed by atoms with Crippen LogP contribution in [0.15, 0.2) is 46.9 Å². The SMILES string of the molecule is Cc1cccc(OCCOc2cc(C(=O)O)ccc2Br)c1. The van der Waals surface area contributed by atoms with E-state index in [2.05, 4.69) is 15.9 Å². The number of ether oxygens (including phenoxy) is 2. The van der Waals surface area contributed by atoms with Gasteiger partial charge in [0.05, 0.1) is 10.0 Å². The summed E-state index contributed by atoms with van der Waals surface area (Å²) in [5.41, 5.74) is 1.32. The Balaban J connectivity index is 1.88. The van der Waals surface area contributed by atoms with Crippen molar-refractivity contribution in [2.24, 2.45) is 0 Å². The van der Waals surface area contributed by atoms with E-state index in [1.54, 1.807) is 6.07 Å². The minimum atomic E-state index is -0.983. The van der Waals surface area contributed by atoms with E-state index in [9.17, 15) is 4.79 Å². The zero-order valence-electron chi connectivity index (χ0n) is 11.5. The molecule has 21 heavy (non-hydrogen) atoms. The van der Waals surface area contributed by atoms with Gasteiger partial charge in [-0.25, -0.2) is 4.79 Å². The van der Waals surface area contributed by atoms with Crippen LogP contribution in [0.3, 0.4) is 0 Å². The molecule has 0 amide bonds. The maximum atomic E-state index is 10.9. The monoisotopic (exact) mass is 350 g/mol. The molecule has 0 fully saturated rings. The summed E-state index contributed by atoms with van der Waals surface area (Å²) in [7, 11) is 0. The van der Waals surface area contributed by atoms with E-state index in [1.165, 1.54) is 12.1 Å². The van der Waals surface area contributed by atoms with Crippen LogP contribution in [-0.2, 0) is 0 Å². The number of carboxylic acids is 1. The average molecular weight is 351 g/mol. The molecule has 1 N–H and O–H groups in total. The number of aromatic carboxylic acids is 1. The molecule has 5 heteroatoms. The van der Waals surface area contributed by atoms with Crippen molar-refractivity contribution in [1.29, 1.82) is 0 Å². The smallest absolute Gasteiger partial charge is 0.335 e. The number of rotatable bonds is 6. The van der Waals surface area contributed by atoms with E-state index < -0.39 is 5.97 Å². The first-order valence-electron chi connectivity index (χ1n) is 6.41. The second-order valence-corrected chi connectivity index (χ2v) is 5.32. The highest BCUT2D eigenvalue weighted by Crippen LogP contribution is 2.26. The van der Waals surface area contributed by atoms with Gasteiger partial charge in [-0.05, 0) is 58.7 Å². The molecular formula is C16H15BrO4. The molecule has 0 aromatic heterocycles. The van der Waals surface area contributed by atoms with Crippen molar-refractivity contribution in [2.45, 2.75) is 6.92 Å². The number of carbonyl (C=O) groups is 1. The Labute approximate surface area is 131 Å². The fourth-order valence-corrected chi connectivity index (χ4v) is 2.12. The van der Waals surface area contributed by atoms with Gasteiger partial charge in [-0.3, -0.25) is 0 Å². The van der Waals surface area contributed by atoms with E-state index >= 15 is 0 Å². The Kier molecular flexibility index (Phi) is 5.22. The van der Waals surface area contributed by atoms with Gasteiger partial charge in [-0.2, -0.15) is 0 Å². The fraction of sp³-hybridized carbons (Fsp3) is 0.188. The summed E-state index contributed by atoms with van der Waals surface area (Å²) in [4.78, 5) is 10.9. The molecule has 0 unspecified atom stereocenters. The van der Waals surface area contributed by atoms with Gasteiger partial charge in [0.25, 0.3) is 0 Å². The van der Waals surface area contributed by atoms with Gasteiger partial charge in [-0.1, -0.05) is 12.1 Å². The molecule has 0 saturated heterocycles. The van der Waals surface area contributed by atoms with Crippen LogP contribution in [0.1, 0.15) is 15.9 Å². The number of hydrogen-bond acceptors (Lipinski definition) is 3. The molecule has 0 aliphatic heterocycles. The van der Waals surface area contributed by atoms with Crippen molar-refractivity contribution in [2.75, 3.05) is 13.2 Å². The van der Waals surface area contributed by atoms with Crippen molar-refractivity contribution in [3.8, 4) is 11.5 Å². The predicted octanol–water partition coefficient (Wildman–Crippen LogP) is 3.91. The molecule has 110 valence electrons. The zero-order valence-corrected chi connectivity index (χ0v) is 13.1. The molecule has 0 atom stereocenters. The van der Waals surface area contributed by atoms with Crippen molar-refractivity contribution in [3.05, 3.63) is 58.1 Å². The maximum absolute atomic E-state index is 10.9. The third-order valence-corrected chi connectivity index (χ3v) is 3.43. The van der Waals surface area contributed by atoms with Crippen LogP contribution in [-0.4, -0.2) is 24.3 Å². The summed E-state index contributed by atoms with van der Waals surface area (Å²) in [6, 6.07) is 12.4. The van der Waals surface area contributed by atoms with Crippen LogP contribution in [0, 0.1) is 6.92 Å². The Morgan fingerprint density at radius 3 is 2.62 bits per heavy atom. The van der Waals surface area contributed by atoms with Gasteiger partial charge in [0.15, 0.2) is 0 Å². The largest absolute Gasteiger partial charge is 0.490 e. The van der Waals surface area contributed by atoms with Crippen LogP contribution in [0.2, 0.25) is 0 Å². The van der Waals surface area contributed by atoms with Gasteiger partial charge in [-0.15, -0.1) is 0 Å². The van der Waals surface area contributed by atoms with Gasteiger partial charge in [0, 0.05) is 0 Å². The molecule has 0 bridgehead atoms. The van der Waals surface area contributed by atoms with E-state index in [-0.39, 0.29) is 5.56 Å². The molecule has 0 aliphatic carbocycles. The molecule has 0 saturated carbocycles. The highest BCUT2D eigenvalue weighted by Gasteiger charge is 2.08. The molecule has 2 aromatic rings. The predicted molar refractivity (Wildman–Crippen MR) is 83.3 cm³/mol. The number of halogens is 1. The van der Waals surface area contributed by atoms with Crippen LogP contribution in [0.5, 0.6) is 11.5 Å². The van der Waals surface area contributed by atoms with Crippen LogP contribution in [0.25, 0.3) is 0 Å². The molecule has 0 heterocycles. The average Bonchev–Trinajstić information content (AvgIpc) is 2.45. The number of aryl methyl sites for hydroxylation is 1. The number of benzene rings is 2. The van der Waals surface area contributed by atoms with Crippen molar-refractivity contribution >= 4 is 21.9 Å². The topological polar surface area (TPSA) is 55.8 Å². The molecule has 0 spiro atoms. The minimum Gasteiger partial charge on any atom is -0.490 e. The van der Waals surface area contributed by atoms with E-state index in [4.69, 9.17) is 14.6 Å². The standard InChI is InChI=1S/C16H15BrO4/c1-11-3-2-4-13(9-11)20-7-8-21-15-10-12(16(18)19)5-6-14(15)17/h2-6,9-10H,7-8H2,1H3,(H,18,19). The fourth-order valence-electron chi connectivity index (χ4n) is 1.76. The molecule has 4 nitrogen and oxygen atoms in total. The quantitative estimate of drug-likeness (QED) is 0.802. The Morgan fingerprint density at radius 1 is 1.14 bits per heavy atom. The Bertz CT molecular complexity index is 640. The van der Waals surface area contributed by atoms with Crippen molar-refractivity contribution in [1.82, 2.24) is 0 Å². The lowest BCUT2D eigenvalue weighted by atomic mass is 10.2. The van der Waals surface area contributed by atoms with Crippen LogP contribution < -0.4 is 9.47 Å². The normalized spacial score (nSPS) is 10.2. The number of hydrogen-bond donors (Lipinski definition) is 1. The molecule has 2 rings (SSSR count). The maximum Gasteiger partial charge on any atom is 0.335 e. The highest BCUT2D eigenvalue weighted by molar-refractivity contribution is 9.10. The van der Waals surface area contributed by atoms with Crippen LogP contribution >= 0.6 is 15.9 Å². The van der Waals surface area contributed by atoms with Crippen molar-refractivity contribution in [3.63, 3.8) is 0 Å². The van der Waals surface area contributed by atoms with Gasteiger partial charge in [0.2, 0.25) is 0 Å².